The summed E-state index contributed by atoms with van der Waals surface area (Å²) in [5.74, 6) is -0.0881. The van der Waals surface area contributed by atoms with Gasteiger partial charge < -0.3 is 15.2 Å². The molecule has 0 radical (unpaired) electrons. The zero-order chi connectivity index (χ0) is 15.5. The second-order valence-electron chi connectivity index (χ2n) is 5.67. The van der Waals surface area contributed by atoms with Crippen molar-refractivity contribution in [3.63, 3.8) is 0 Å². The first kappa shape index (κ1) is 14.4. The van der Waals surface area contributed by atoms with Crippen LogP contribution in [0.15, 0.2) is 42.6 Å². The van der Waals surface area contributed by atoms with E-state index in [1.165, 1.54) is 0 Å². The van der Waals surface area contributed by atoms with E-state index in [-0.39, 0.29) is 11.8 Å². The number of anilines is 1. The van der Waals surface area contributed by atoms with Gasteiger partial charge in [0.25, 0.3) is 5.91 Å². The van der Waals surface area contributed by atoms with E-state index >= 15 is 0 Å². The van der Waals surface area contributed by atoms with E-state index in [1.807, 2.05) is 43.6 Å². The molecule has 1 aromatic heterocycles. The van der Waals surface area contributed by atoms with Gasteiger partial charge in [0.1, 0.15) is 5.69 Å². The van der Waals surface area contributed by atoms with Gasteiger partial charge in [-0.2, -0.15) is 0 Å². The number of amides is 2. The van der Waals surface area contributed by atoms with E-state index in [4.69, 9.17) is 0 Å². The Morgan fingerprint density at radius 2 is 1.91 bits per heavy atom. The van der Waals surface area contributed by atoms with Crippen molar-refractivity contribution in [3.8, 4) is 0 Å². The van der Waals surface area contributed by atoms with Crippen LogP contribution < -0.4 is 10.6 Å². The topological polar surface area (TPSA) is 63.1 Å². The van der Waals surface area contributed by atoms with Crippen LogP contribution in [0.5, 0.6) is 0 Å². The van der Waals surface area contributed by atoms with Gasteiger partial charge in [-0.1, -0.05) is 12.1 Å². The quantitative estimate of drug-likeness (QED) is 0.887. The number of carbonyl (C=O) groups is 2. The van der Waals surface area contributed by atoms with Gasteiger partial charge in [-0.05, 0) is 42.7 Å². The Balaban J connectivity index is 1.58. The highest BCUT2D eigenvalue weighted by Crippen LogP contribution is 2.19. The van der Waals surface area contributed by atoms with Crippen LogP contribution in [0, 0.1) is 0 Å². The number of hydrogen-bond acceptors (Lipinski definition) is 2. The maximum atomic E-state index is 12.1. The van der Waals surface area contributed by atoms with Gasteiger partial charge >= 0.3 is 0 Å². The zero-order valence-electron chi connectivity index (χ0n) is 12.5. The molecular formula is C17H19N3O2. The van der Waals surface area contributed by atoms with E-state index < -0.39 is 0 Å². The molecule has 0 atom stereocenters. The molecule has 3 rings (SSSR count). The highest BCUT2D eigenvalue weighted by molar-refractivity contribution is 6.03. The van der Waals surface area contributed by atoms with Gasteiger partial charge in [0.2, 0.25) is 5.91 Å². The average Bonchev–Trinajstić information content (AvgIpc) is 3.19. The van der Waals surface area contributed by atoms with Crippen molar-refractivity contribution < 1.29 is 9.59 Å². The van der Waals surface area contributed by atoms with Crippen LogP contribution in [0.2, 0.25) is 0 Å². The highest BCUT2D eigenvalue weighted by Gasteiger charge is 2.23. The molecule has 0 aliphatic heterocycles. The normalized spacial score (nSPS) is 13.7. The summed E-state index contributed by atoms with van der Waals surface area (Å²) >= 11 is 0. The fourth-order valence-corrected chi connectivity index (χ4v) is 2.29. The summed E-state index contributed by atoms with van der Waals surface area (Å²) in [5, 5.41) is 5.81. The molecule has 0 spiro atoms. The van der Waals surface area contributed by atoms with Crippen molar-refractivity contribution >= 4 is 17.5 Å². The fourth-order valence-electron chi connectivity index (χ4n) is 2.29. The summed E-state index contributed by atoms with van der Waals surface area (Å²) in [5.41, 5.74) is 2.26. The molecule has 0 bridgehead atoms. The van der Waals surface area contributed by atoms with Crippen LogP contribution in [0.25, 0.3) is 0 Å². The number of aromatic nitrogens is 1. The third-order valence-electron chi connectivity index (χ3n) is 3.70. The molecule has 1 aliphatic rings. The van der Waals surface area contributed by atoms with Gasteiger partial charge in [-0.25, -0.2) is 0 Å². The van der Waals surface area contributed by atoms with Gasteiger partial charge in [-0.15, -0.1) is 0 Å². The predicted octanol–water partition coefficient (Wildman–Crippen LogP) is 2.10. The molecule has 2 aromatic rings. The molecular weight excluding hydrogens is 278 g/mol. The van der Waals surface area contributed by atoms with Crippen molar-refractivity contribution in [1.29, 1.82) is 0 Å². The molecule has 0 saturated heterocycles. The van der Waals surface area contributed by atoms with E-state index in [9.17, 15) is 9.59 Å². The van der Waals surface area contributed by atoms with Gasteiger partial charge in [0.05, 0.1) is 6.42 Å². The minimum Gasteiger partial charge on any atom is -0.353 e. The average molecular weight is 297 g/mol. The van der Waals surface area contributed by atoms with Gasteiger partial charge in [-0.3, -0.25) is 9.59 Å². The molecule has 1 aliphatic carbocycles. The number of benzene rings is 1. The summed E-state index contributed by atoms with van der Waals surface area (Å²) in [7, 11) is 1.83. The fraction of sp³-hybridized carbons (Fsp3) is 0.294. The van der Waals surface area contributed by atoms with Gasteiger partial charge in [0, 0.05) is 25.0 Å². The first-order chi connectivity index (χ1) is 10.6. The van der Waals surface area contributed by atoms with Crippen molar-refractivity contribution in [1.82, 2.24) is 9.88 Å². The van der Waals surface area contributed by atoms with E-state index in [0.29, 0.717) is 18.2 Å². The number of rotatable bonds is 5. The Hall–Kier alpha value is -2.56. The monoisotopic (exact) mass is 297 g/mol. The van der Waals surface area contributed by atoms with E-state index in [0.717, 1.165) is 24.1 Å². The van der Waals surface area contributed by atoms with Crippen LogP contribution in [0.4, 0.5) is 5.69 Å². The summed E-state index contributed by atoms with van der Waals surface area (Å²) in [6, 6.07) is 11.4. The van der Waals surface area contributed by atoms with Gasteiger partial charge in [0.15, 0.2) is 0 Å². The number of aryl methyl sites for hydroxylation is 1. The molecule has 1 fully saturated rings. The Kier molecular flexibility index (Phi) is 3.96. The third-order valence-corrected chi connectivity index (χ3v) is 3.70. The number of carbonyl (C=O) groups excluding carboxylic acids is 2. The largest absolute Gasteiger partial charge is 0.353 e. The molecule has 2 N–H and O–H groups in total. The van der Waals surface area contributed by atoms with Crippen LogP contribution in [-0.4, -0.2) is 22.4 Å². The van der Waals surface area contributed by atoms with Crippen LogP contribution in [0.1, 0.15) is 28.9 Å². The predicted molar refractivity (Wildman–Crippen MR) is 84.7 cm³/mol. The lowest BCUT2D eigenvalue weighted by atomic mass is 10.1. The second-order valence-corrected chi connectivity index (χ2v) is 5.67. The minimum absolute atomic E-state index is 0.0584. The van der Waals surface area contributed by atoms with Crippen molar-refractivity contribution in [2.24, 2.45) is 7.05 Å². The molecule has 1 saturated carbocycles. The van der Waals surface area contributed by atoms with Crippen LogP contribution >= 0.6 is 0 Å². The first-order valence-corrected chi connectivity index (χ1v) is 7.43. The number of hydrogen-bond donors (Lipinski definition) is 2. The highest BCUT2D eigenvalue weighted by atomic mass is 16.2. The van der Waals surface area contributed by atoms with E-state index in [1.54, 1.807) is 10.6 Å². The van der Waals surface area contributed by atoms with Crippen LogP contribution in [-0.2, 0) is 18.3 Å². The standard InChI is InChI=1S/C17H19N3O2/c1-20-10-2-3-15(20)17(22)19-14-6-4-12(5-7-14)11-16(21)18-13-8-9-13/h2-7,10,13H,8-9,11H2,1H3,(H,18,21)(H,19,22). The second kappa shape index (κ2) is 6.05. The lowest BCUT2D eigenvalue weighted by Gasteiger charge is -2.08. The summed E-state index contributed by atoms with van der Waals surface area (Å²) in [6.45, 7) is 0. The first-order valence-electron chi connectivity index (χ1n) is 7.43. The zero-order valence-corrected chi connectivity index (χ0v) is 12.5. The SMILES string of the molecule is Cn1cccc1C(=O)Nc1ccc(CC(=O)NC2CC2)cc1. The van der Waals surface area contributed by atoms with Crippen molar-refractivity contribution in [3.05, 3.63) is 53.9 Å². The molecule has 1 heterocycles. The van der Waals surface area contributed by atoms with E-state index in [2.05, 4.69) is 10.6 Å². The third kappa shape index (κ3) is 3.55. The minimum atomic E-state index is -0.147. The van der Waals surface area contributed by atoms with Crippen molar-refractivity contribution in [2.75, 3.05) is 5.32 Å². The summed E-state index contributed by atoms with van der Waals surface area (Å²) in [6.07, 6.45) is 4.39. The number of nitrogens with zero attached hydrogens (tertiary/aromatic N) is 1. The lowest BCUT2D eigenvalue weighted by molar-refractivity contribution is -0.120. The molecule has 2 amide bonds. The number of nitrogens with one attached hydrogen (secondary N) is 2. The summed E-state index contributed by atoms with van der Waals surface area (Å²) < 4.78 is 1.77. The Morgan fingerprint density at radius 1 is 1.18 bits per heavy atom. The Bertz CT molecular complexity index is 684. The lowest BCUT2D eigenvalue weighted by Crippen LogP contribution is -2.26. The molecule has 0 unspecified atom stereocenters. The summed E-state index contributed by atoms with van der Waals surface area (Å²) in [4.78, 5) is 23.8. The molecule has 5 heteroatoms. The van der Waals surface area contributed by atoms with Crippen molar-refractivity contribution in [2.45, 2.75) is 25.3 Å². The molecule has 1 aromatic carbocycles. The smallest absolute Gasteiger partial charge is 0.272 e. The Labute approximate surface area is 129 Å². The maximum Gasteiger partial charge on any atom is 0.272 e. The maximum absolute atomic E-state index is 12.1. The molecule has 114 valence electrons. The van der Waals surface area contributed by atoms with Crippen LogP contribution in [0.3, 0.4) is 0 Å². The Morgan fingerprint density at radius 3 is 2.50 bits per heavy atom. The molecule has 22 heavy (non-hydrogen) atoms. The molecule has 5 nitrogen and oxygen atoms in total.